The maximum absolute atomic E-state index is 13.2. The van der Waals surface area contributed by atoms with E-state index in [1.54, 1.807) is 36.4 Å². The Hall–Kier alpha value is -2.58. The number of carbonyl (C=O) groups excluding carboxylic acids is 1. The molecule has 1 N–H and O–H groups in total. The number of phenolic OH excluding ortho intramolecular Hbond substituents is 1. The molecule has 1 amide bonds. The number of hydrogen-bond donors (Lipinski definition) is 1. The van der Waals surface area contributed by atoms with Crippen molar-refractivity contribution in [2.45, 2.75) is 24.9 Å². The second-order valence-corrected chi connectivity index (χ2v) is 8.34. The summed E-state index contributed by atoms with van der Waals surface area (Å²) in [6.07, 6.45) is -0.802. The van der Waals surface area contributed by atoms with Gasteiger partial charge in [-0.05, 0) is 36.8 Å². The molecule has 0 spiro atoms. The second kappa shape index (κ2) is 7.21. The Kier molecular flexibility index (Phi) is 5.12. The number of benzene rings is 2. The van der Waals surface area contributed by atoms with Crippen molar-refractivity contribution >= 4 is 15.9 Å². The van der Waals surface area contributed by atoms with E-state index in [0.29, 0.717) is 5.56 Å². The van der Waals surface area contributed by atoms with Gasteiger partial charge in [0.05, 0.1) is 12.0 Å². The second-order valence-electron chi connectivity index (χ2n) is 6.45. The topological polar surface area (TPSA) is 87.2 Å². The average Bonchev–Trinajstić information content (AvgIpc) is 3.09. The van der Waals surface area contributed by atoms with Crippen molar-refractivity contribution in [3.8, 4) is 11.5 Å². The fourth-order valence-electron chi connectivity index (χ4n) is 3.23. The largest absolute Gasteiger partial charge is 0.504 e. The van der Waals surface area contributed by atoms with Crippen LogP contribution in [0.2, 0.25) is 0 Å². The fraction of sp³-hybridized carbons (Fsp3) is 0.316. The predicted octanol–water partition coefficient (Wildman–Crippen LogP) is 2.26. The zero-order valence-corrected chi connectivity index (χ0v) is 16.2. The van der Waals surface area contributed by atoms with E-state index in [1.165, 1.54) is 29.3 Å². The molecule has 0 saturated carbocycles. The summed E-state index contributed by atoms with van der Waals surface area (Å²) in [6, 6.07) is 11.2. The highest BCUT2D eigenvalue weighted by molar-refractivity contribution is 7.89. The number of phenols is 1. The van der Waals surface area contributed by atoms with Crippen molar-refractivity contribution < 1.29 is 23.1 Å². The van der Waals surface area contributed by atoms with Crippen LogP contribution in [0.15, 0.2) is 47.4 Å². The van der Waals surface area contributed by atoms with E-state index in [2.05, 4.69) is 0 Å². The lowest BCUT2D eigenvalue weighted by Gasteiger charge is -2.29. The van der Waals surface area contributed by atoms with Crippen LogP contribution in [0.3, 0.4) is 0 Å². The molecule has 1 atom stereocenters. The lowest BCUT2D eigenvalue weighted by Crippen LogP contribution is -2.37. The van der Waals surface area contributed by atoms with Gasteiger partial charge in [0.15, 0.2) is 11.5 Å². The first kappa shape index (κ1) is 19.2. The smallest absolute Gasteiger partial charge is 0.245 e. The first-order valence-electron chi connectivity index (χ1n) is 8.48. The van der Waals surface area contributed by atoms with Gasteiger partial charge in [-0.1, -0.05) is 23.8 Å². The number of nitrogens with zero attached hydrogens (tertiary/aromatic N) is 2. The molecule has 7 nitrogen and oxygen atoms in total. The summed E-state index contributed by atoms with van der Waals surface area (Å²) < 4.78 is 32.9. The molecule has 0 unspecified atom stereocenters. The average molecular weight is 390 g/mol. The number of sulfonamides is 1. The van der Waals surface area contributed by atoms with E-state index in [0.717, 1.165) is 5.56 Å². The van der Waals surface area contributed by atoms with Gasteiger partial charge >= 0.3 is 0 Å². The highest BCUT2D eigenvalue weighted by atomic mass is 32.2. The van der Waals surface area contributed by atoms with Crippen LogP contribution in [-0.4, -0.2) is 48.8 Å². The Balaban J connectivity index is 2.08. The highest BCUT2D eigenvalue weighted by Crippen LogP contribution is 2.38. The lowest BCUT2D eigenvalue weighted by molar-refractivity contribution is -0.130. The van der Waals surface area contributed by atoms with Crippen molar-refractivity contribution in [3.05, 3.63) is 53.6 Å². The summed E-state index contributed by atoms with van der Waals surface area (Å²) in [4.78, 5) is 13.8. The lowest BCUT2D eigenvalue weighted by atomic mass is 10.1. The molecule has 1 fully saturated rings. The number of rotatable bonds is 4. The first-order valence-corrected chi connectivity index (χ1v) is 9.92. The number of aryl methyl sites for hydroxylation is 1. The summed E-state index contributed by atoms with van der Waals surface area (Å²) in [5.41, 5.74) is 1.51. The number of aromatic hydroxyl groups is 1. The van der Waals surface area contributed by atoms with Crippen molar-refractivity contribution in [1.29, 1.82) is 0 Å². The molecule has 8 heteroatoms. The summed E-state index contributed by atoms with van der Waals surface area (Å²) >= 11 is 0. The molecule has 144 valence electrons. The van der Waals surface area contributed by atoms with Crippen LogP contribution in [-0.2, 0) is 14.8 Å². The molecule has 1 aliphatic rings. The van der Waals surface area contributed by atoms with Crippen LogP contribution in [0.4, 0.5) is 0 Å². The standard InChI is InChI=1S/C19H22N2O5S/c1-13-4-7-16(8-5-13)27(24,25)21-11-10-20(14(2)22)19(21)15-6-9-17(23)18(12-15)26-3/h4-9,12,19,23H,10-11H2,1-3H3/t19-/m0/s1. The van der Waals surface area contributed by atoms with Gasteiger partial charge in [-0.25, -0.2) is 8.42 Å². The molecule has 27 heavy (non-hydrogen) atoms. The molecule has 2 aromatic rings. The van der Waals surface area contributed by atoms with Crippen LogP contribution < -0.4 is 4.74 Å². The molecule has 0 bridgehead atoms. The SMILES string of the molecule is COc1cc([C@H]2N(C(C)=O)CCN2S(=O)(=O)c2ccc(C)cc2)ccc1O. The van der Waals surface area contributed by atoms with Crippen LogP contribution in [0.1, 0.15) is 24.2 Å². The van der Waals surface area contributed by atoms with Crippen LogP contribution in [0.25, 0.3) is 0 Å². The number of carbonyl (C=O) groups is 1. The first-order chi connectivity index (χ1) is 12.8. The van der Waals surface area contributed by atoms with Crippen molar-refractivity contribution in [2.75, 3.05) is 20.2 Å². The molecule has 1 saturated heterocycles. The van der Waals surface area contributed by atoms with E-state index >= 15 is 0 Å². The van der Waals surface area contributed by atoms with Gasteiger partial charge in [0.25, 0.3) is 0 Å². The van der Waals surface area contributed by atoms with Crippen molar-refractivity contribution in [1.82, 2.24) is 9.21 Å². The van der Waals surface area contributed by atoms with Crippen LogP contribution >= 0.6 is 0 Å². The van der Waals surface area contributed by atoms with Gasteiger partial charge in [0, 0.05) is 20.0 Å². The summed E-state index contributed by atoms with van der Waals surface area (Å²) in [5.74, 6) is -0.0641. The Morgan fingerprint density at radius 3 is 2.41 bits per heavy atom. The highest BCUT2D eigenvalue weighted by Gasteiger charge is 2.42. The van der Waals surface area contributed by atoms with Gasteiger partial charge in [0.1, 0.15) is 6.17 Å². The quantitative estimate of drug-likeness (QED) is 0.865. The zero-order valence-electron chi connectivity index (χ0n) is 15.4. The maximum Gasteiger partial charge on any atom is 0.245 e. The zero-order chi connectivity index (χ0) is 19.8. The number of methoxy groups -OCH3 is 1. The van der Waals surface area contributed by atoms with Gasteiger partial charge in [0.2, 0.25) is 15.9 Å². The Bertz CT molecular complexity index is 957. The van der Waals surface area contributed by atoms with E-state index in [9.17, 15) is 18.3 Å². The van der Waals surface area contributed by atoms with Gasteiger partial charge in [-0.2, -0.15) is 4.31 Å². The minimum absolute atomic E-state index is 0.0541. The third-order valence-electron chi connectivity index (χ3n) is 4.66. The molecule has 1 aliphatic heterocycles. The molecule has 3 rings (SSSR count). The predicted molar refractivity (Wildman–Crippen MR) is 99.9 cm³/mol. The van der Waals surface area contributed by atoms with E-state index in [-0.39, 0.29) is 35.4 Å². The fourth-order valence-corrected chi connectivity index (χ4v) is 4.81. The van der Waals surface area contributed by atoms with Gasteiger partial charge in [-0.3, -0.25) is 4.79 Å². The molecular formula is C19H22N2O5S. The summed E-state index contributed by atoms with van der Waals surface area (Å²) in [5, 5.41) is 9.85. The molecular weight excluding hydrogens is 368 g/mol. The molecule has 1 heterocycles. The number of amides is 1. The Morgan fingerprint density at radius 2 is 1.81 bits per heavy atom. The molecule has 0 aliphatic carbocycles. The minimum Gasteiger partial charge on any atom is -0.504 e. The maximum atomic E-state index is 13.2. The van der Waals surface area contributed by atoms with E-state index in [4.69, 9.17) is 4.74 Å². The molecule has 0 radical (unpaired) electrons. The Labute approximate surface area is 158 Å². The van der Waals surface area contributed by atoms with E-state index in [1.807, 2.05) is 6.92 Å². The molecule has 2 aromatic carbocycles. The van der Waals surface area contributed by atoms with Crippen LogP contribution in [0.5, 0.6) is 11.5 Å². The number of hydrogen-bond acceptors (Lipinski definition) is 5. The minimum atomic E-state index is -3.81. The summed E-state index contributed by atoms with van der Waals surface area (Å²) in [7, 11) is -2.40. The van der Waals surface area contributed by atoms with Crippen LogP contribution in [0, 0.1) is 6.92 Å². The van der Waals surface area contributed by atoms with Gasteiger partial charge < -0.3 is 14.7 Å². The van der Waals surface area contributed by atoms with Crippen molar-refractivity contribution in [2.24, 2.45) is 0 Å². The monoisotopic (exact) mass is 390 g/mol. The summed E-state index contributed by atoms with van der Waals surface area (Å²) in [6.45, 7) is 3.76. The normalized spacial score (nSPS) is 17.9. The molecule has 0 aromatic heterocycles. The third-order valence-corrected chi connectivity index (χ3v) is 6.53. The Morgan fingerprint density at radius 1 is 1.15 bits per heavy atom. The van der Waals surface area contributed by atoms with E-state index < -0.39 is 16.2 Å². The number of ether oxygens (including phenoxy) is 1. The van der Waals surface area contributed by atoms with Gasteiger partial charge in [-0.15, -0.1) is 0 Å². The third kappa shape index (κ3) is 3.50. The van der Waals surface area contributed by atoms with Crippen molar-refractivity contribution in [3.63, 3.8) is 0 Å².